The van der Waals surface area contributed by atoms with Crippen LogP contribution >= 0.6 is 0 Å². The van der Waals surface area contributed by atoms with Gasteiger partial charge in [0.25, 0.3) is 0 Å². The zero-order valence-electron chi connectivity index (χ0n) is 19.6. The zero-order chi connectivity index (χ0) is 25.3. The SMILES string of the molecule is C=C(C)C(=O)OC=C(C)C.C=C(C)C(=O)OC=C(C)C.CC(C)/C(=C/C(=O)O)C(=O)O. The van der Waals surface area contributed by atoms with Crippen molar-refractivity contribution in [2.75, 3.05) is 0 Å². The van der Waals surface area contributed by atoms with Gasteiger partial charge in [-0.1, -0.05) is 27.0 Å². The number of hydrogen-bond donors (Lipinski definition) is 2. The second-order valence-electron chi connectivity index (χ2n) is 7.16. The Bertz CT molecular complexity index is 714. The van der Waals surface area contributed by atoms with Gasteiger partial charge < -0.3 is 19.7 Å². The van der Waals surface area contributed by atoms with E-state index >= 15 is 0 Å². The van der Waals surface area contributed by atoms with Crippen LogP contribution in [0, 0.1) is 5.92 Å². The minimum atomic E-state index is -1.23. The molecule has 31 heavy (non-hydrogen) atoms. The monoisotopic (exact) mass is 438 g/mol. The Balaban J connectivity index is -0.000000380. The largest absolute Gasteiger partial charge is 0.478 e. The third kappa shape index (κ3) is 22.7. The van der Waals surface area contributed by atoms with E-state index in [0.717, 1.165) is 11.1 Å². The molecule has 0 amide bonds. The van der Waals surface area contributed by atoms with Gasteiger partial charge in [-0.05, 0) is 58.6 Å². The number of aliphatic carboxylic acids is 2. The van der Waals surface area contributed by atoms with Gasteiger partial charge in [0, 0.05) is 22.8 Å². The predicted octanol–water partition coefficient (Wildman–Crippen LogP) is 4.80. The van der Waals surface area contributed by atoms with Crippen LogP contribution in [0.3, 0.4) is 0 Å². The van der Waals surface area contributed by atoms with E-state index in [1.54, 1.807) is 27.7 Å². The van der Waals surface area contributed by atoms with E-state index in [9.17, 15) is 19.2 Å². The highest BCUT2D eigenvalue weighted by Gasteiger charge is 2.12. The Kier molecular flexibility index (Phi) is 18.1. The Morgan fingerprint density at radius 1 is 0.742 bits per heavy atom. The fourth-order valence-corrected chi connectivity index (χ4v) is 1.15. The van der Waals surface area contributed by atoms with Gasteiger partial charge in [-0.15, -0.1) is 0 Å². The molecule has 0 heterocycles. The quantitative estimate of drug-likeness (QED) is 0.330. The van der Waals surface area contributed by atoms with Gasteiger partial charge in [0.05, 0.1) is 12.5 Å². The molecule has 0 saturated carbocycles. The number of hydrogen-bond acceptors (Lipinski definition) is 6. The van der Waals surface area contributed by atoms with Crippen LogP contribution in [0.1, 0.15) is 55.4 Å². The van der Waals surface area contributed by atoms with Crippen molar-refractivity contribution in [3.63, 3.8) is 0 Å². The first-order valence-corrected chi connectivity index (χ1v) is 9.20. The molecule has 0 unspecified atom stereocenters. The molecular formula is C23H34O8. The summed E-state index contributed by atoms with van der Waals surface area (Å²) < 4.78 is 9.33. The molecule has 8 heteroatoms. The summed E-state index contributed by atoms with van der Waals surface area (Å²) in [6, 6.07) is 0. The lowest BCUT2D eigenvalue weighted by Gasteiger charge is -2.02. The normalized spacial score (nSPS) is 9.52. The average molecular weight is 439 g/mol. The van der Waals surface area contributed by atoms with Crippen molar-refractivity contribution in [1.82, 2.24) is 0 Å². The lowest BCUT2D eigenvalue weighted by Crippen LogP contribution is -2.09. The number of esters is 2. The molecule has 0 aliphatic rings. The molecule has 0 spiro atoms. The Morgan fingerprint density at radius 3 is 1.19 bits per heavy atom. The van der Waals surface area contributed by atoms with E-state index < -0.39 is 11.9 Å². The van der Waals surface area contributed by atoms with Gasteiger partial charge in [-0.2, -0.15) is 0 Å². The van der Waals surface area contributed by atoms with Crippen molar-refractivity contribution in [2.45, 2.75) is 55.4 Å². The average Bonchev–Trinajstić information content (AvgIpc) is 2.62. The van der Waals surface area contributed by atoms with Gasteiger partial charge in [-0.3, -0.25) is 0 Å². The van der Waals surface area contributed by atoms with Gasteiger partial charge >= 0.3 is 23.9 Å². The van der Waals surface area contributed by atoms with Crippen LogP contribution in [0.25, 0.3) is 0 Å². The molecule has 174 valence electrons. The molecule has 8 nitrogen and oxygen atoms in total. The highest BCUT2D eigenvalue weighted by molar-refractivity contribution is 5.94. The second-order valence-corrected chi connectivity index (χ2v) is 7.16. The van der Waals surface area contributed by atoms with Crippen LogP contribution in [0.15, 0.2) is 59.6 Å². The van der Waals surface area contributed by atoms with Crippen molar-refractivity contribution < 1.29 is 38.9 Å². The van der Waals surface area contributed by atoms with Crippen molar-refractivity contribution in [3.05, 3.63) is 59.6 Å². The summed E-state index contributed by atoms with van der Waals surface area (Å²) >= 11 is 0. The lowest BCUT2D eigenvalue weighted by molar-refractivity contribution is -0.135. The molecule has 0 radical (unpaired) electrons. The first-order valence-electron chi connectivity index (χ1n) is 9.20. The third-order valence-electron chi connectivity index (χ3n) is 2.65. The van der Waals surface area contributed by atoms with Crippen LogP contribution in [0.4, 0.5) is 0 Å². The van der Waals surface area contributed by atoms with E-state index in [-0.39, 0.29) is 23.4 Å². The highest BCUT2D eigenvalue weighted by Crippen LogP contribution is 2.08. The van der Waals surface area contributed by atoms with Crippen molar-refractivity contribution in [3.8, 4) is 0 Å². The van der Waals surface area contributed by atoms with E-state index in [1.165, 1.54) is 12.5 Å². The summed E-state index contributed by atoms with van der Waals surface area (Å²) in [5, 5.41) is 16.7. The topological polar surface area (TPSA) is 127 Å². The Morgan fingerprint density at radius 2 is 1.06 bits per heavy atom. The summed E-state index contributed by atoms with van der Waals surface area (Å²) in [5.41, 5.74) is 2.65. The standard InChI is InChI=1S/2C8H12O2.C7H10O4/c2*1-6(2)5-10-8(9)7(3)4;1-4(2)5(7(10)11)3-6(8)9/h2*5H,3H2,1-2,4H3;3-4H,1-2H3,(H,8,9)(H,10,11)/b;;5-3-. The predicted molar refractivity (Wildman–Crippen MR) is 119 cm³/mol. The van der Waals surface area contributed by atoms with Crippen molar-refractivity contribution in [2.24, 2.45) is 5.92 Å². The van der Waals surface area contributed by atoms with E-state index in [1.807, 2.05) is 27.7 Å². The first kappa shape index (κ1) is 32.3. The fraction of sp³-hybridized carbons (Fsp3) is 0.391. The third-order valence-corrected chi connectivity index (χ3v) is 2.65. The maximum absolute atomic E-state index is 10.7. The van der Waals surface area contributed by atoms with Crippen molar-refractivity contribution >= 4 is 23.9 Å². The van der Waals surface area contributed by atoms with Crippen molar-refractivity contribution in [1.29, 1.82) is 0 Å². The number of ether oxygens (including phenoxy) is 2. The van der Waals surface area contributed by atoms with Crippen LogP contribution in [0.2, 0.25) is 0 Å². The maximum atomic E-state index is 10.7. The maximum Gasteiger partial charge on any atom is 0.337 e. The van der Waals surface area contributed by atoms with Crippen LogP contribution in [0.5, 0.6) is 0 Å². The smallest absolute Gasteiger partial charge is 0.337 e. The van der Waals surface area contributed by atoms with Crippen LogP contribution in [-0.2, 0) is 28.7 Å². The molecule has 0 fully saturated rings. The molecule has 0 aromatic rings. The molecule has 0 rings (SSSR count). The molecule has 0 saturated heterocycles. The molecule has 0 aliphatic carbocycles. The minimum Gasteiger partial charge on any atom is -0.478 e. The number of rotatable bonds is 7. The van der Waals surface area contributed by atoms with Crippen LogP contribution in [-0.4, -0.2) is 34.1 Å². The number of carbonyl (C=O) groups is 4. The van der Waals surface area contributed by atoms with E-state index in [0.29, 0.717) is 17.2 Å². The number of allylic oxidation sites excluding steroid dienone is 2. The Labute approximate surface area is 184 Å². The van der Waals surface area contributed by atoms with Gasteiger partial charge in [0.1, 0.15) is 0 Å². The molecule has 0 aromatic carbocycles. The first-order chi connectivity index (χ1) is 14.0. The zero-order valence-corrected chi connectivity index (χ0v) is 19.6. The van der Waals surface area contributed by atoms with Gasteiger partial charge in [0.15, 0.2) is 0 Å². The summed E-state index contributed by atoms with van der Waals surface area (Å²) in [6.07, 6.45) is 3.54. The fourth-order valence-electron chi connectivity index (χ4n) is 1.15. The lowest BCUT2D eigenvalue weighted by atomic mass is 10.0. The molecule has 2 N–H and O–H groups in total. The van der Waals surface area contributed by atoms with E-state index in [4.69, 9.17) is 10.2 Å². The molecule has 0 aliphatic heterocycles. The Hall–Kier alpha value is -3.42. The number of carbonyl (C=O) groups excluding carboxylic acids is 2. The van der Waals surface area contributed by atoms with E-state index in [2.05, 4.69) is 22.6 Å². The molecule has 0 bridgehead atoms. The highest BCUT2D eigenvalue weighted by atomic mass is 16.5. The molecule has 0 atom stereocenters. The minimum absolute atomic E-state index is 0.0856. The molecular weight excluding hydrogens is 404 g/mol. The number of carboxylic acids is 2. The second kappa shape index (κ2) is 17.4. The summed E-state index contributed by atoms with van der Waals surface area (Å²) in [5.74, 6) is -3.43. The number of carboxylic acid groups (broad SMARTS) is 2. The van der Waals surface area contributed by atoms with Gasteiger partial charge in [-0.25, -0.2) is 19.2 Å². The van der Waals surface area contributed by atoms with Gasteiger partial charge in [0.2, 0.25) is 0 Å². The molecule has 0 aromatic heterocycles. The summed E-state index contributed by atoms with van der Waals surface area (Å²) in [6.45, 7) is 20.8. The van der Waals surface area contributed by atoms with Crippen LogP contribution < -0.4 is 0 Å². The summed E-state index contributed by atoms with van der Waals surface area (Å²) in [4.78, 5) is 41.8. The summed E-state index contributed by atoms with van der Waals surface area (Å²) in [7, 11) is 0.